The van der Waals surface area contributed by atoms with E-state index in [9.17, 15) is 0 Å². The van der Waals surface area contributed by atoms with E-state index >= 15 is 0 Å². The van der Waals surface area contributed by atoms with Crippen molar-refractivity contribution in [2.75, 3.05) is 26.2 Å². The number of likely N-dealkylation sites (N-methyl/N-ethyl adjacent to an activating group) is 1. The Bertz CT molecular complexity index is 190. The molecule has 0 radical (unpaired) electrons. The van der Waals surface area contributed by atoms with Crippen LogP contribution in [0.25, 0.3) is 0 Å². The average molecular weight is 242 g/mol. The van der Waals surface area contributed by atoms with Crippen molar-refractivity contribution in [3.05, 3.63) is 0 Å². The SMILES string of the molecule is CCN(CC1CCCCO1)C(CC)(CC)CN. The molecule has 0 aromatic heterocycles. The molecule has 3 heteroatoms. The van der Waals surface area contributed by atoms with Crippen LogP contribution in [0.3, 0.4) is 0 Å². The number of nitrogens with zero attached hydrogens (tertiary/aromatic N) is 1. The minimum Gasteiger partial charge on any atom is -0.377 e. The summed E-state index contributed by atoms with van der Waals surface area (Å²) in [5.74, 6) is 0. The first kappa shape index (κ1) is 14.9. The van der Waals surface area contributed by atoms with Crippen molar-refractivity contribution in [3.8, 4) is 0 Å². The van der Waals surface area contributed by atoms with Crippen molar-refractivity contribution in [3.63, 3.8) is 0 Å². The molecule has 0 aromatic rings. The Balaban J connectivity index is 2.61. The van der Waals surface area contributed by atoms with Gasteiger partial charge in [-0.25, -0.2) is 0 Å². The second kappa shape index (κ2) is 7.34. The Hall–Kier alpha value is -0.120. The standard InChI is InChI=1S/C14H30N2O/c1-4-14(5-2,12-15)16(6-3)11-13-9-7-8-10-17-13/h13H,4-12,15H2,1-3H3. The highest BCUT2D eigenvalue weighted by molar-refractivity contribution is 4.90. The molecular weight excluding hydrogens is 212 g/mol. The molecule has 1 heterocycles. The van der Waals surface area contributed by atoms with E-state index < -0.39 is 0 Å². The summed E-state index contributed by atoms with van der Waals surface area (Å²) in [5, 5.41) is 0. The normalized spacial score (nSPS) is 22.1. The van der Waals surface area contributed by atoms with E-state index in [4.69, 9.17) is 10.5 Å². The summed E-state index contributed by atoms with van der Waals surface area (Å²) in [5.41, 5.74) is 6.20. The van der Waals surface area contributed by atoms with E-state index in [1.165, 1.54) is 19.3 Å². The fourth-order valence-electron chi connectivity index (χ4n) is 2.97. The Morgan fingerprint density at radius 2 is 1.94 bits per heavy atom. The third-order valence-electron chi connectivity index (χ3n) is 4.45. The Labute approximate surface area is 107 Å². The van der Waals surface area contributed by atoms with Crippen LogP contribution in [0.5, 0.6) is 0 Å². The zero-order valence-electron chi connectivity index (χ0n) is 11.9. The Morgan fingerprint density at radius 3 is 2.35 bits per heavy atom. The second-order valence-corrected chi connectivity index (χ2v) is 5.16. The van der Waals surface area contributed by atoms with Gasteiger partial charge in [0.05, 0.1) is 6.10 Å². The van der Waals surface area contributed by atoms with Gasteiger partial charge in [0.25, 0.3) is 0 Å². The first-order valence-electron chi connectivity index (χ1n) is 7.29. The molecule has 0 amide bonds. The van der Waals surface area contributed by atoms with E-state index in [-0.39, 0.29) is 5.54 Å². The summed E-state index contributed by atoms with van der Waals surface area (Å²) in [6.07, 6.45) is 6.43. The van der Waals surface area contributed by atoms with Crippen molar-refractivity contribution >= 4 is 0 Å². The number of hydrogen-bond donors (Lipinski definition) is 1. The van der Waals surface area contributed by atoms with Crippen molar-refractivity contribution in [2.45, 2.75) is 64.5 Å². The maximum Gasteiger partial charge on any atom is 0.0702 e. The number of ether oxygens (including phenoxy) is 1. The molecule has 1 unspecified atom stereocenters. The van der Waals surface area contributed by atoms with Gasteiger partial charge < -0.3 is 10.5 Å². The highest BCUT2D eigenvalue weighted by Gasteiger charge is 2.32. The third kappa shape index (κ3) is 3.67. The zero-order chi connectivity index (χ0) is 12.7. The lowest BCUT2D eigenvalue weighted by Crippen LogP contribution is -2.55. The van der Waals surface area contributed by atoms with E-state index in [1.54, 1.807) is 0 Å². The lowest BCUT2D eigenvalue weighted by Gasteiger charge is -2.44. The number of rotatable bonds is 7. The van der Waals surface area contributed by atoms with Gasteiger partial charge in [-0.15, -0.1) is 0 Å². The summed E-state index contributed by atoms with van der Waals surface area (Å²) in [7, 11) is 0. The topological polar surface area (TPSA) is 38.5 Å². The van der Waals surface area contributed by atoms with Crippen LogP contribution >= 0.6 is 0 Å². The second-order valence-electron chi connectivity index (χ2n) is 5.16. The van der Waals surface area contributed by atoms with Gasteiger partial charge in [0.1, 0.15) is 0 Å². The lowest BCUT2D eigenvalue weighted by atomic mass is 9.90. The molecular formula is C14H30N2O. The summed E-state index contributed by atoms with van der Waals surface area (Å²) < 4.78 is 5.86. The molecule has 1 saturated heterocycles. The van der Waals surface area contributed by atoms with E-state index in [0.29, 0.717) is 6.10 Å². The van der Waals surface area contributed by atoms with Crippen molar-refractivity contribution in [1.29, 1.82) is 0 Å². The van der Waals surface area contributed by atoms with Crippen LogP contribution in [-0.4, -0.2) is 42.8 Å². The van der Waals surface area contributed by atoms with Gasteiger partial charge >= 0.3 is 0 Å². The molecule has 0 spiro atoms. The van der Waals surface area contributed by atoms with Gasteiger partial charge in [0.2, 0.25) is 0 Å². The molecule has 1 atom stereocenters. The van der Waals surface area contributed by atoms with E-state index in [2.05, 4.69) is 25.7 Å². The molecule has 1 aliphatic heterocycles. The lowest BCUT2D eigenvalue weighted by molar-refractivity contribution is -0.0313. The van der Waals surface area contributed by atoms with Gasteiger partial charge in [0, 0.05) is 25.2 Å². The Kier molecular flexibility index (Phi) is 6.45. The minimum absolute atomic E-state index is 0.176. The third-order valence-corrected chi connectivity index (χ3v) is 4.45. The van der Waals surface area contributed by atoms with Crippen molar-refractivity contribution in [1.82, 2.24) is 4.90 Å². The summed E-state index contributed by atoms with van der Waals surface area (Å²) in [6, 6.07) is 0. The number of hydrogen-bond acceptors (Lipinski definition) is 3. The molecule has 1 aliphatic rings. The van der Waals surface area contributed by atoms with Crippen molar-refractivity contribution in [2.24, 2.45) is 5.73 Å². The first-order chi connectivity index (χ1) is 8.22. The maximum atomic E-state index is 6.03. The molecule has 102 valence electrons. The van der Waals surface area contributed by atoms with Crippen LogP contribution in [0.15, 0.2) is 0 Å². The van der Waals surface area contributed by atoms with Gasteiger partial charge in [-0.05, 0) is 38.6 Å². The molecule has 0 aliphatic carbocycles. The van der Waals surface area contributed by atoms with Crippen LogP contribution in [0.2, 0.25) is 0 Å². The maximum absolute atomic E-state index is 6.03. The zero-order valence-corrected chi connectivity index (χ0v) is 11.9. The van der Waals surface area contributed by atoms with Gasteiger partial charge in [-0.3, -0.25) is 4.90 Å². The number of nitrogens with two attached hydrogens (primary N) is 1. The fraction of sp³-hybridized carbons (Fsp3) is 1.00. The molecule has 2 N–H and O–H groups in total. The smallest absolute Gasteiger partial charge is 0.0702 e. The molecule has 0 saturated carbocycles. The summed E-state index contributed by atoms with van der Waals surface area (Å²) in [4.78, 5) is 2.54. The molecule has 0 bridgehead atoms. The molecule has 1 rings (SSSR count). The average Bonchev–Trinajstić information content (AvgIpc) is 2.41. The Morgan fingerprint density at radius 1 is 1.24 bits per heavy atom. The summed E-state index contributed by atoms with van der Waals surface area (Å²) >= 11 is 0. The first-order valence-corrected chi connectivity index (χ1v) is 7.29. The van der Waals surface area contributed by atoms with Crippen LogP contribution in [0.4, 0.5) is 0 Å². The van der Waals surface area contributed by atoms with E-state index in [0.717, 1.165) is 39.1 Å². The van der Waals surface area contributed by atoms with Gasteiger partial charge in [-0.2, -0.15) is 0 Å². The molecule has 0 aromatic carbocycles. The minimum atomic E-state index is 0.176. The van der Waals surface area contributed by atoms with Crippen LogP contribution in [-0.2, 0) is 4.74 Å². The summed E-state index contributed by atoms with van der Waals surface area (Å²) in [6.45, 7) is 10.5. The molecule has 1 fully saturated rings. The monoisotopic (exact) mass is 242 g/mol. The van der Waals surface area contributed by atoms with Crippen LogP contribution in [0, 0.1) is 0 Å². The quantitative estimate of drug-likeness (QED) is 0.745. The largest absolute Gasteiger partial charge is 0.377 e. The fourth-order valence-corrected chi connectivity index (χ4v) is 2.97. The molecule has 17 heavy (non-hydrogen) atoms. The van der Waals surface area contributed by atoms with Crippen LogP contribution < -0.4 is 5.73 Å². The molecule has 3 nitrogen and oxygen atoms in total. The van der Waals surface area contributed by atoms with Gasteiger partial charge in [-0.1, -0.05) is 20.8 Å². The predicted octanol–water partition coefficient (Wildman–Crippen LogP) is 2.39. The predicted molar refractivity (Wildman–Crippen MR) is 73.2 cm³/mol. The highest BCUT2D eigenvalue weighted by atomic mass is 16.5. The van der Waals surface area contributed by atoms with E-state index in [1.807, 2.05) is 0 Å². The van der Waals surface area contributed by atoms with Gasteiger partial charge in [0.15, 0.2) is 0 Å². The van der Waals surface area contributed by atoms with Crippen LogP contribution in [0.1, 0.15) is 52.9 Å². The van der Waals surface area contributed by atoms with Crippen molar-refractivity contribution < 1.29 is 4.74 Å². The highest BCUT2D eigenvalue weighted by Crippen LogP contribution is 2.25.